The summed E-state index contributed by atoms with van der Waals surface area (Å²) in [6, 6.07) is -0.909. The van der Waals surface area contributed by atoms with Gasteiger partial charge in [0.2, 0.25) is 5.91 Å². The maximum absolute atomic E-state index is 12.9. The minimum atomic E-state index is -4.60. The SMILES string of the molecule is CCCCCCC/C=C/CC/C=C/CC/C=C/C(O)C(COP(=O)([O-])OCC[N+](C)(C)C)NC(=O)CCCCCCCCCCCCCCCCCCC/C=C\CCCCCCCCCC. The van der Waals surface area contributed by atoms with Gasteiger partial charge in [0.15, 0.2) is 0 Å². The standard InChI is InChI=1S/C57H109N2O6P/c1-6-8-10-12-14-16-18-20-22-23-24-25-26-27-28-29-30-31-32-33-34-35-37-39-41-43-45-47-49-51-57(61)58-55(54-65-66(62,63)64-53-52-59(3,4)5)56(60)50-48-46-44-42-40-38-36-21-19-17-15-13-11-9-7-2/h19,21,23-24,40,42,48,50,55-56,60H,6-18,20,22,25-39,41,43-47,49,51-54H2,1-5H3,(H-,58,61,62,63)/b21-19+,24-23-,42-40+,50-48+. The second-order valence-electron chi connectivity index (χ2n) is 20.3. The van der Waals surface area contributed by atoms with E-state index in [2.05, 4.69) is 55.6 Å². The van der Waals surface area contributed by atoms with Crippen LogP contribution in [-0.4, -0.2) is 68.5 Å². The van der Waals surface area contributed by atoms with Crippen LogP contribution in [0.3, 0.4) is 0 Å². The van der Waals surface area contributed by atoms with Gasteiger partial charge in [-0.2, -0.15) is 0 Å². The molecule has 0 saturated carbocycles. The molecule has 0 saturated heterocycles. The molecule has 0 rings (SSSR count). The smallest absolute Gasteiger partial charge is 0.268 e. The van der Waals surface area contributed by atoms with Crippen LogP contribution in [0.5, 0.6) is 0 Å². The molecule has 0 heterocycles. The lowest BCUT2D eigenvalue weighted by atomic mass is 10.0. The number of allylic oxidation sites excluding steroid dienone is 7. The highest BCUT2D eigenvalue weighted by Crippen LogP contribution is 2.38. The molecule has 0 aliphatic rings. The molecule has 0 radical (unpaired) electrons. The first kappa shape index (κ1) is 64.5. The van der Waals surface area contributed by atoms with Crippen LogP contribution < -0.4 is 10.2 Å². The number of aliphatic hydroxyl groups excluding tert-OH is 1. The van der Waals surface area contributed by atoms with E-state index in [0.717, 1.165) is 44.9 Å². The van der Waals surface area contributed by atoms with E-state index in [4.69, 9.17) is 9.05 Å². The molecule has 0 spiro atoms. The summed E-state index contributed by atoms with van der Waals surface area (Å²) in [4.78, 5) is 25.4. The Morgan fingerprint density at radius 2 is 0.848 bits per heavy atom. The summed E-state index contributed by atoms with van der Waals surface area (Å²) in [6.07, 6.45) is 63.4. The molecule has 0 aromatic carbocycles. The molecule has 0 aromatic heterocycles. The topological polar surface area (TPSA) is 108 Å². The quantitative estimate of drug-likeness (QED) is 0.0272. The first-order valence-electron chi connectivity index (χ1n) is 28.0. The fraction of sp³-hybridized carbons (Fsp3) is 0.842. The number of hydrogen-bond donors (Lipinski definition) is 2. The lowest BCUT2D eigenvalue weighted by Crippen LogP contribution is -2.45. The number of unbranched alkanes of at least 4 members (excludes halogenated alkanes) is 32. The number of phosphoric ester groups is 1. The molecule has 0 aromatic rings. The molecule has 2 N–H and O–H groups in total. The average molecular weight is 949 g/mol. The molecule has 3 unspecified atom stereocenters. The maximum Gasteiger partial charge on any atom is 0.268 e. The Balaban J connectivity index is 4.14. The monoisotopic (exact) mass is 949 g/mol. The van der Waals surface area contributed by atoms with Crippen molar-refractivity contribution in [3.63, 3.8) is 0 Å². The number of rotatable bonds is 51. The summed E-state index contributed by atoms with van der Waals surface area (Å²) < 4.78 is 23.3. The molecule has 1 amide bonds. The Morgan fingerprint density at radius 1 is 0.515 bits per heavy atom. The summed E-state index contributed by atoms with van der Waals surface area (Å²) in [5.74, 6) is -0.209. The number of likely N-dealkylation sites (N-methyl/N-ethyl adjacent to an activating group) is 1. The zero-order valence-electron chi connectivity index (χ0n) is 44.1. The van der Waals surface area contributed by atoms with Gasteiger partial charge < -0.3 is 28.8 Å². The Bertz CT molecular complexity index is 1210. The van der Waals surface area contributed by atoms with E-state index in [1.807, 2.05) is 27.2 Å². The second-order valence-corrected chi connectivity index (χ2v) is 21.7. The highest BCUT2D eigenvalue weighted by atomic mass is 31.2. The van der Waals surface area contributed by atoms with Gasteiger partial charge in [0, 0.05) is 6.42 Å². The third-order valence-electron chi connectivity index (χ3n) is 12.5. The van der Waals surface area contributed by atoms with Gasteiger partial charge in [-0.3, -0.25) is 9.36 Å². The van der Waals surface area contributed by atoms with Crippen LogP contribution in [0.1, 0.15) is 258 Å². The number of nitrogens with one attached hydrogen (secondary N) is 1. The molecule has 9 heteroatoms. The second kappa shape index (κ2) is 48.5. The number of hydrogen-bond acceptors (Lipinski definition) is 6. The van der Waals surface area contributed by atoms with Crippen molar-refractivity contribution in [1.82, 2.24) is 5.32 Å². The predicted molar refractivity (Wildman–Crippen MR) is 284 cm³/mol. The van der Waals surface area contributed by atoms with Crippen LogP contribution in [-0.2, 0) is 18.4 Å². The fourth-order valence-electron chi connectivity index (χ4n) is 8.06. The summed E-state index contributed by atoms with van der Waals surface area (Å²) >= 11 is 0. The van der Waals surface area contributed by atoms with Crippen molar-refractivity contribution in [2.24, 2.45) is 0 Å². The van der Waals surface area contributed by atoms with Gasteiger partial charge >= 0.3 is 0 Å². The number of carbonyl (C=O) groups excluding carboxylic acids is 1. The Kier molecular flexibility index (Phi) is 47.4. The molecular weight excluding hydrogens is 840 g/mol. The number of carbonyl (C=O) groups is 1. The van der Waals surface area contributed by atoms with Crippen LogP contribution in [0.15, 0.2) is 48.6 Å². The molecule has 0 bridgehead atoms. The van der Waals surface area contributed by atoms with Gasteiger partial charge in [-0.05, 0) is 70.6 Å². The van der Waals surface area contributed by atoms with Crippen molar-refractivity contribution in [3.05, 3.63) is 48.6 Å². The summed E-state index contributed by atoms with van der Waals surface area (Å²) in [6.45, 7) is 4.62. The third kappa shape index (κ3) is 50.3. The Labute approximate surface area is 409 Å². The van der Waals surface area contributed by atoms with Crippen molar-refractivity contribution in [1.29, 1.82) is 0 Å². The van der Waals surface area contributed by atoms with Crippen molar-refractivity contribution >= 4 is 13.7 Å². The van der Waals surface area contributed by atoms with Crippen LogP contribution in [0.25, 0.3) is 0 Å². The van der Waals surface area contributed by atoms with E-state index in [0.29, 0.717) is 17.4 Å². The van der Waals surface area contributed by atoms with E-state index in [1.165, 1.54) is 193 Å². The summed E-state index contributed by atoms with van der Waals surface area (Å²) in [7, 11) is 1.24. The van der Waals surface area contributed by atoms with Crippen LogP contribution in [0.4, 0.5) is 0 Å². The molecule has 388 valence electrons. The highest BCUT2D eigenvalue weighted by molar-refractivity contribution is 7.45. The van der Waals surface area contributed by atoms with Gasteiger partial charge in [0.05, 0.1) is 39.9 Å². The lowest BCUT2D eigenvalue weighted by Gasteiger charge is -2.29. The number of amides is 1. The average Bonchev–Trinajstić information content (AvgIpc) is 3.28. The third-order valence-corrected chi connectivity index (χ3v) is 13.5. The van der Waals surface area contributed by atoms with E-state index in [9.17, 15) is 19.4 Å². The molecule has 0 aliphatic carbocycles. The normalized spacial score (nSPS) is 14.3. The minimum Gasteiger partial charge on any atom is -0.756 e. The van der Waals surface area contributed by atoms with Crippen LogP contribution in [0.2, 0.25) is 0 Å². The minimum absolute atomic E-state index is 0.00881. The van der Waals surface area contributed by atoms with E-state index < -0.39 is 26.6 Å². The van der Waals surface area contributed by atoms with Crippen molar-refractivity contribution in [2.45, 2.75) is 270 Å². The molecule has 0 fully saturated rings. The fourth-order valence-corrected chi connectivity index (χ4v) is 8.79. The molecule has 8 nitrogen and oxygen atoms in total. The first-order chi connectivity index (χ1) is 32.0. The molecule has 66 heavy (non-hydrogen) atoms. The van der Waals surface area contributed by atoms with E-state index in [-0.39, 0.29) is 12.5 Å². The van der Waals surface area contributed by atoms with Crippen molar-refractivity contribution < 1.29 is 32.9 Å². The predicted octanol–water partition coefficient (Wildman–Crippen LogP) is 16.1. The maximum atomic E-state index is 12.9. The van der Waals surface area contributed by atoms with E-state index in [1.54, 1.807) is 6.08 Å². The number of aliphatic hydroxyl groups is 1. The van der Waals surface area contributed by atoms with Gasteiger partial charge in [0.25, 0.3) is 7.82 Å². The molecular formula is C57H109N2O6P. The zero-order chi connectivity index (χ0) is 48.5. The van der Waals surface area contributed by atoms with Crippen LogP contribution in [0, 0.1) is 0 Å². The van der Waals surface area contributed by atoms with Crippen molar-refractivity contribution in [3.8, 4) is 0 Å². The van der Waals surface area contributed by atoms with Crippen LogP contribution >= 0.6 is 7.82 Å². The van der Waals surface area contributed by atoms with E-state index >= 15 is 0 Å². The van der Waals surface area contributed by atoms with Gasteiger partial charge in [-0.25, -0.2) is 0 Å². The largest absolute Gasteiger partial charge is 0.756 e. The number of quaternary nitrogens is 1. The highest BCUT2D eigenvalue weighted by Gasteiger charge is 2.23. The van der Waals surface area contributed by atoms with Gasteiger partial charge in [-0.15, -0.1) is 0 Å². The van der Waals surface area contributed by atoms with Crippen molar-refractivity contribution in [2.75, 3.05) is 40.9 Å². The Hall–Kier alpha value is -1.54. The summed E-state index contributed by atoms with van der Waals surface area (Å²) in [5.41, 5.74) is 0. The first-order valence-corrected chi connectivity index (χ1v) is 29.5. The Morgan fingerprint density at radius 3 is 1.23 bits per heavy atom. The number of phosphoric acid groups is 1. The zero-order valence-corrected chi connectivity index (χ0v) is 45.0. The summed E-state index contributed by atoms with van der Waals surface area (Å²) in [5, 5.41) is 13.8. The van der Waals surface area contributed by atoms with Gasteiger partial charge in [-0.1, -0.05) is 229 Å². The van der Waals surface area contributed by atoms with Gasteiger partial charge in [0.1, 0.15) is 13.2 Å². The number of nitrogens with zero attached hydrogens (tertiary/aromatic N) is 1. The molecule has 3 atom stereocenters. The lowest BCUT2D eigenvalue weighted by molar-refractivity contribution is -0.870. The molecule has 0 aliphatic heterocycles.